The Hall–Kier alpha value is -4.63. The van der Waals surface area contributed by atoms with Gasteiger partial charge in [-0.1, -0.05) is 11.8 Å². The fraction of sp³-hybridized carbons (Fsp3) is 0.125. The summed E-state index contributed by atoms with van der Waals surface area (Å²) in [6.07, 6.45) is 2.02. The van der Waals surface area contributed by atoms with E-state index < -0.39 is 46.9 Å². The highest BCUT2D eigenvalue weighted by atomic mass is 19.3. The third-order valence-electron chi connectivity index (χ3n) is 5.28. The number of carbonyl (C=O) groups is 1. The monoisotopic (exact) mass is 496 g/mol. The van der Waals surface area contributed by atoms with Crippen LogP contribution in [0.1, 0.15) is 32.7 Å². The molecule has 4 aromatic rings. The summed E-state index contributed by atoms with van der Waals surface area (Å²) in [5.74, 6) is -1.61. The number of rotatable bonds is 6. The first kappa shape index (κ1) is 24.5. The molecular weight excluding hydrogens is 480 g/mol. The number of alkyl halides is 2. The van der Waals surface area contributed by atoms with Gasteiger partial charge in [0.05, 0.1) is 6.54 Å². The van der Waals surface area contributed by atoms with Gasteiger partial charge >= 0.3 is 5.92 Å². The maximum atomic E-state index is 15.7. The lowest BCUT2D eigenvalue weighted by Crippen LogP contribution is -2.48. The summed E-state index contributed by atoms with van der Waals surface area (Å²) in [4.78, 5) is 14.9. The second-order valence-electron chi connectivity index (χ2n) is 7.69. The van der Waals surface area contributed by atoms with Crippen molar-refractivity contribution in [2.75, 3.05) is 0 Å². The number of benzene rings is 2. The van der Waals surface area contributed by atoms with E-state index in [1.54, 1.807) is 12.1 Å². The van der Waals surface area contributed by atoms with Gasteiger partial charge in [-0.3, -0.25) is 9.78 Å². The maximum Gasteiger partial charge on any atom is 0.323 e. The Morgan fingerprint density at radius 2 is 1.72 bits per heavy atom. The highest BCUT2D eigenvalue weighted by Crippen LogP contribution is 2.46. The lowest BCUT2D eigenvalue weighted by molar-refractivity contribution is -0.207. The lowest BCUT2D eigenvalue weighted by Gasteiger charge is -2.35. The molecule has 0 radical (unpaired) electrons. The Balaban J connectivity index is 1.67. The molecule has 2 aromatic carbocycles. The number of tetrazole rings is 1. The van der Waals surface area contributed by atoms with Crippen molar-refractivity contribution in [3.05, 3.63) is 107 Å². The molecule has 1 atom stereocenters. The van der Waals surface area contributed by atoms with Crippen LogP contribution in [0.15, 0.2) is 67.1 Å². The minimum atomic E-state index is -4.17. The smallest absolute Gasteiger partial charge is 0.323 e. The molecule has 4 rings (SSSR count). The summed E-state index contributed by atoms with van der Waals surface area (Å²) in [5.41, 5.74) is 1.31. The lowest BCUT2D eigenvalue weighted by atomic mass is 9.84. The van der Waals surface area contributed by atoms with Crippen molar-refractivity contribution < 1.29 is 27.5 Å². The fourth-order valence-corrected chi connectivity index (χ4v) is 3.39. The molecule has 1 amide bonds. The molecule has 8 nitrogen and oxygen atoms in total. The zero-order valence-electron chi connectivity index (χ0n) is 18.2. The van der Waals surface area contributed by atoms with Crippen LogP contribution < -0.4 is 5.73 Å². The van der Waals surface area contributed by atoms with Gasteiger partial charge in [-0.15, -0.1) is 5.10 Å². The molecule has 0 aliphatic carbocycles. The van der Waals surface area contributed by atoms with E-state index in [1.165, 1.54) is 18.2 Å². The Bertz CT molecular complexity index is 1450. The van der Waals surface area contributed by atoms with Crippen LogP contribution in [0.3, 0.4) is 0 Å². The number of aliphatic hydroxyl groups is 1. The number of primary amides is 1. The van der Waals surface area contributed by atoms with Crippen LogP contribution in [0.2, 0.25) is 0 Å². The summed E-state index contributed by atoms with van der Waals surface area (Å²) in [6, 6.07) is 10.2. The largest absolute Gasteiger partial charge is 0.377 e. The first-order valence-corrected chi connectivity index (χ1v) is 10.2. The van der Waals surface area contributed by atoms with Crippen LogP contribution in [0.25, 0.3) is 0 Å². The number of nitrogens with two attached hydrogens (primary N) is 1. The SMILES string of the molecule is NC(=O)c1ccc(C#Cc2ccc(C(F)(F)C(O)(Cn3cnnn3)c3ccc(F)cc3F)nc2)cc1. The number of halogens is 4. The van der Waals surface area contributed by atoms with Gasteiger partial charge in [-0.25, -0.2) is 13.5 Å². The van der Waals surface area contributed by atoms with E-state index in [4.69, 9.17) is 5.73 Å². The predicted molar refractivity (Wildman–Crippen MR) is 117 cm³/mol. The number of carbonyl (C=O) groups excluding carboxylic acids is 1. The van der Waals surface area contributed by atoms with Gasteiger partial charge in [0, 0.05) is 34.5 Å². The third-order valence-corrected chi connectivity index (χ3v) is 5.28. The molecule has 0 spiro atoms. The van der Waals surface area contributed by atoms with Gasteiger partial charge < -0.3 is 10.8 Å². The van der Waals surface area contributed by atoms with E-state index in [0.29, 0.717) is 17.2 Å². The van der Waals surface area contributed by atoms with Gasteiger partial charge in [0.2, 0.25) is 5.91 Å². The minimum absolute atomic E-state index is 0.269. The summed E-state index contributed by atoms with van der Waals surface area (Å²) in [5, 5.41) is 21.3. The van der Waals surface area contributed by atoms with E-state index >= 15 is 8.78 Å². The number of hydrogen-bond donors (Lipinski definition) is 2. The highest BCUT2D eigenvalue weighted by Gasteiger charge is 2.57. The van der Waals surface area contributed by atoms with Crippen LogP contribution in [0.4, 0.5) is 17.6 Å². The minimum Gasteiger partial charge on any atom is -0.377 e. The van der Waals surface area contributed by atoms with Gasteiger partial charge in [-0.05, 0) is 59.0 Å². The van der Waals surface area contributed by atoms with Crippen molar-refractivity contribution in [1.29, 1.82) is 0 Å². The molecule has 0 aliphatic rings. The number of pyridine rings is 1. The van der Waals surface area contributed by atoms with Gasteiger partial charge in [0.25, 0.3) is 0 Å². The Kier molecular flexibility index (Phi) is 6.50. The first-order valence-electron chi connectivity index (χ1n) is 10.2. The fourth-order valence-electron chi connectivity index (χ4n) is 3.39. The third kappa shape index (κ3) is 4.77. The van der Waals surface area contributed by atoms with Crippen molar-refractivity contribution in [3.8, 4) is 11.8 Å². The normalized spacial score (nSPS) is 12.9. The van der Waals surface area contributed by atoms with Crippen molar-refractivity contribution >= 4 is 5.91 Å². The van der Waals surface area contributed by atoms with Gasteiger partial charge in [0.1, 0.15) is 23.7 Å². The molecule has 0 fully saturated rings. The molecule has 0 saturated heterocycles. The van der Waals surface area contributed by atoms with E-state index in [0.717, 1.165) is 35.4 Å². The van der Waals surface area contributed by atoms with Gasteiger partial charge in [-0.2, -0.15) is 8.78 Å². The van der Waals surface area contributed by atoms with Crippen molar-refractivity contribution in [1.82, 2.24) is 25.2 Å². The van der Waals surface area contributed by atoms with E-state index in [-0.39, 0.29) is 5.56 Å². The molecule has 3 N–H and O–H groups in total. The standard InChI is InChI=1S/C24H16F4N6O2/c25-18-8-9-19(20(26)11-18)23(36,13-34-14-31-32-33-34)24(27,28)21-10-5-16(12-30-21)2-1-15-3-6-17(7-4-15)22(29)35/h3-12,14,36H,13H2,(H2,29,35). The summed E-state index contributed by atoms with van der Waals surface area (Å²) >= 11 is 0. The molecule has 0 saturated carbocycles. The molecular formula is C24H16F4N6O2. The zero-order valence-corrected chi connectivity index (χ0v) is 18.2. The second kappa shape index (κ2) is 9.55. The molecule has 0 bridgehead atoms. The van der Waals surface area contributed by atoms with Crippen LogP contribution in [-0.2, 0) is 18.1 Å². The molecule has 12 heteroatoms. The summed E-state index contributed by atoms with van der Waals surface area (Å²) in [7, 11) is 0. The molecule has 1 unspecified atom stereocenters. The van der Waals surface area contributed by atoms with Gasteiger partial charge in [0.15, 0.2) is 5.60 Å². The topological polar surface area (TPSA) is 120 Å². The van der Waals surface area contributed by atoms with Crippen molar-refractivity contribution in [2.24, 2.45) is 5.73 Å². The number of aromatic nitrogens is 5. The molecule has 2 aromatic heterocycles. The summed E-state index contributed by atoms with van der Waals surface area (Å²) < 4.78 is 60.2. The predicted octanol–water partition coefficient (Wildman–Crippen LogP) is 2.52. The zero-order chi connectivity index (χ0) is 25.9. The average Bonchev–Trinajstić information content (AvgIpc) is 3.36. The van der Waals surface area contributed by atoms with Crippen LogP contribution in [0, 0.1) is 23.5 Å². The molecule has 182 valence electrons. The average molecular weight is 496 g/mol. The second-order valence-corrected chi connectivity index (χ2v) is 7.69. The van der Waals surface area contributed by atoms with Crippen molar-refractivity contribution in [2.45, 2.75) is 18.1 Å². The van der Waals surface area contributed by atoms with E-state index in [2.05, 4.69) is 32.4 Å². The quantitative estimate of drug-likeness (QED) is 0.313. The highest BCUT2D eigenvalue weighted by molar-refractivity contribution is 5.92. The molecule has 0 aliphatic heterocycles. The molecule has 2 heterocycles. The number of nitrogens with zero attached hydrogens (tertiary/aromatic N) is 5. The first-order chi connectivity index (χ1) is 17.1. The van der Waals surface area contributed by atoms with E-state index in [9.17, 15) is 18.7 Å². The Labute approximate surface area is 201 Å². The Morgan fingerprint density at radius 3 is 2.31 bits per heavy atom. The summed E-state index contributed by atoms with van der Waals surface area (Å²) in [6.45, 7) is -0.958. The molecule has 36 heavy (non-hydrogen) atoms. The number of hydrogen-bond acceptors (Lipinski definition) is 6. The van der Waals surface area contributed by atoms with E-state index in [1.807, 2.05) is 0 Å². The van der Waals surface area contributed by atoms with Crippen molar-refractivity contribution in [3.63, 3.8) is 0 Å². The van der Waals surface area contributed by atoms with Crippen LogP contribution in [-0.4, -0.2) is 36.2 Å². The van der Waals surface area contributed by atoms with Crippen LogP contribution >= 0.6 is 0 Å². The number of amides is 1. The van der Waals surface area contributed by atoms with Crippen LogP contribution in [0.5, 0.6) is 0 Å². The maximum absolute atomic E-state index is 15.7. The Morgan fingerprint density at radius 1 is 1.03 bits per heavy atom.